The van der Waals surface area contributed by atoms with Crippen LogP contribution in [0.1, 0.15) is 97.2 Å². The van der Waals surface area contributed by atoms with Gasteiger partial charge in [-0.3, -0.25) is 14.5 Å². The van der Waals surface area contributed by atoms with Gasteiger partial charge in [0.25, 0.3) is 11.8 Å². The SMILES string of the molecule is C#C/C=C1/C(=O)N(C2CCCCC2)C(=O)c2ccc(C3CCCCC3)c(C)c21. The fourth-order valence-corrected chi connectivity index (χ4v) is 5.46. The van der Waals surface area contributed by atoms with Crippen LogP contribution in [0.5, 0.6) is 0 Å². The Labute approximate surface area is 168 Å². The van der Waals surface area contributed by atoms with Gasteiger partial charge in [0, 0.05) is 23.2 Å². The molecule has 1 aromatic rings. The summed E-state index contributed by atoms with van der Waals surface area (Å²) in [5.74, 6) is 2.73. The number of hydrogen-bond donors (Lipinski definition) is 0. The molecule has 3 aliphatic rings. The zero-order valence-electron chi connectivity index (χ0n) is 16.8. The van der Waals surface area contributed by atoms with Gasteiger partial charge < -0.3 is 0 Å². The first-order valence-corrected chi connectivity index (χ1v) is 10.8. The van der Waals surface area contributed by atoms with Gasteiger partial charge in [-0.05, 0) is 55.7 Å². The largest absolute Gasteiger partial charge is 0.271 e. The van der Waals surface area contributed by atoms with Crippen LogP contribution >= 0.6 is 0 Å². The number of rotatable bonds is 2. The van der Waals surface area contributed by atoms with Gasteiger partial charge in [-0.1, -0.05) is 50.5 Å². The summed E-state index contributed by atoms with van der Waals surface area (Å²) in [6, 6.07) is 4.08. The maximum atomic E-state index is 13.4. The molecule has 1 aliphatic heterocycles. The molecule has 2 amide bonds. The van der Waals surface area contributed by atoms with Crippen molar-refractivity contribution in [1.29, 1.82) is 0 Å². The van der Waals surface area contributed by atoms with Crippen molar-refractivity contribution < 1.29 is 9.59 Å². The molecule has 28 heavy (non-hydrogen) atoms. The van der Waals surface area contributed by atoms with Crippen LogP contribution in [0.2, 0.25) is 0 Å². The number of nitrogens with zero attached hydrogens (tertiary/aromatic N) is 1. The molecule has 2 saturated carbocycles. The Kier molecular flexibility index (Phi) is 5.40. The van der Waals surface area contributed by atoms with Gasteiger partial charge in [-0.15, -0.1) is 6.42 Å². The third kappa shape index (κ3) is 3.20. The minimum Gasteiger partial charge on any atom is -0.271 e. The zero-order chi connectivity index (χ0) is 19.7. The van der Waals surface area contributed by atoms with Crippen LogP contribution in [-0.4, -0.2) is 22.8 Å². The minimum atomic E-state index is -0.203. The van der Waals surface area contributed by atoms with Gasteiger partial charge in [-0.25, -0.2) is 0 Å². The summed E-state index contributed by atoms with van der Waals surface area (Å²) < 4.78 is 0. The van der Waals surface area contributed by atoms with E-state index in [9.17, 15) is 9.59 Å². The second-order valence-corrected chi connectivity index (χ2v) is 8.53. The highest BCUT2D eigenvalue weighted by atomic mass is 16.2. The average Bonchev–Trinajstić information content (AvgIpc) is 2.73. The Morgan fingerprint density at radius 3 is 2.25 bits per heavy atom. The number of amides is 2. The molecule has 3 heteroatoms. The number of terminal acetylenes is 1. The Morgan fingerprint density at radius 2 is 1.61 bits per heavy atom. The maximum Gasteiger partial charge on any atom is 0.262 e. The van der Waals surface area contributed by atoms with Crippen molar-refractivity contribution in [3.63, 3.8) is 0 Å². The summed E-state index contributed by atoms with van der Waals surface area (Å²) in [6.07, 6.45) is 18.5. The molecule has 0 aromatic heterocycles. The van der Waals surface area contributed by atoms with Crippen molar-refractivity contribution in [1.82, 2.24) is 4.90 Å². The molecule has 2 aliphatic carbocycles. The summed E-state index contributed by atoms with van der Waals surface area (Å²) in [4.78, 5) is 28.2. The van der Waals surface area contributed by atoms with Gasteiger partial charge in [0.1, 0.15) is 0 Å². The molecule has 0 spiro atoms. The number of fused-ring (bicyclic) bond motifs is 1. The number of carbonyl (C=O) groups excluding carboxylic acids is 2. The lowest BCUT2D eigenvalue weighted by Crippen LogP contribution is -2.49. The summed E-state index contributed by atoms with van der Waals surface area (Å²) in [7, 11) is 0. The molecule has 2 fully saturated rings. The fraction of sp³-hybridized carbons (Fsp3) is 0.520. The smallest absolute Gasteiger partial charge is 0.262 e. The Balaban J connectivity index is 1.80. The Hall–Kier alpha value is -2.34. The van der Waals surface area contributed by atoms with Gasteiger partial charge >= 0.3 is 0 Å². The van der Waals surface area contributed by atoms with Gasteiger partial charge in [0.15, 0.2) is 0 Å². The predicted octanol–water partition coefficient (Wildman–Crippen LogP) is 5.37. The first-order chi connectivity index (χ1) is 13.6. The van der Waals surface area contributed by atoms with E-state index in [-0.39, 0.29) is 17.9 Å². The summed E-state index contributed by atoms with van der Waals surface area (Å²) in [6.45, 7) is 2.06. The first kappa shape index (κ1) is 19.0. The molecule has 0 unspecified atom stereocenters. The monoisotopic (exact) mass is 375 g/mol. The van der Waals surface area contributed by atoms with Gasteiger partial charge in [-0.2, -0.15) is 0 Å². The lowest BCUT2D eigenvalue weighted by molar-refractivity contribution is -0.125. The Bertz CT molecular complexity index is 861. The molecule has 0 radical (unpaired) electrons. The van der Waals surface area contributed by atoms with Crippen molar-refractivity contribution in [3.8, 4) is 12.3 Å². The second-order valence-electron chi connectivity index (χ2n) is 8.53. The number of imide groups is 1. The van der Waals surface area contributed by atoms with Crippen molar-refractivity contribution in [2.75, 3.05) is 0 Å². The summed E-state index contributed by atoms with van der Waals surface area (Å²) in [5.41, 5.74) is 4.30. The van der Waals surface area contributed by atoms with E-state index in [1.165, 1.54) is 49.0 Å². The number of allylic oxidation sites excluding steroid dienone is 1. The van der Waals surface area contributed by atoms with E-state index in [1.54, 1.807) is 6.08 Å². The van der Waals surface area contributed by atoms with E-state index in [2.05, 4.69) is 18.9 Å². The average molecular weight is 376 g/mol. The molecule has 1 heterocycles. The van der Waals surface area contributed by atoms with E-state index in [1.807, 2.05) is 6.07 Å². The molecule has 1 aromatic carbocycles. The first-order valence-electron chi connectivity index (χ1n) is 10.8. The highest BCUT2D eigenvalue weighted by Gasteiger charge is 2.40. The normalized spacial score (nSPS) is 23.0. The fourth-order valence-electron chi connectivity index (χ4n) is 5.46. The van der Waals surface area contributed by atoms with Gasteiger partial charge in [0.2, 0.25) is 0 Å². The van der Waals surface area contributed by atoms with Gasteiger partial charge in [0.05, 0.1) is 5.57 Å². The molecule has 3 nitrogen and oxygen atoms in total. The van der Waals surface area contributed by atoms with Crippen molar-refractivity contribution in [2.45, 2.75) is 83.1 Å². The quantitative estimate of drug-likeness (QED) is 0.396. The minimum absolute atomic E-state index is 0.00130. The number of carbonyl (C=O) groups is 2. The lowest BCUT2D eigenvalue weighted by atomic mass is 9.78. The molecule has 0 N–H and O–H groups in total. The molecular formula is C25H29NO2. The summed E-state index contributed by atoms with van der Waals surface area (Å²) >= 11 is 0. The van der Waals surface area contributed by atoms with Crippen molar-refractivity contribution in [2.24, 2.45) is 0 Å². The molecular weight excluding hydrogens is 346 g/mol. The van der Waals surface area contributed by atoms with E-state index in [0.29, 0.717) is 17.1 Å². The highest BCUT2D eigenvalue weighted by Crippen LogP contribution is 2.41. The Morgan fingerprint density at radius 1 is 0.964 bits per heavy atom. The zero-order valence-corrected chi connectivity index (χ0v) is 16.8. The standard InChI is InChI=1S/C25H29NO2/c1-3-10-21-23-17(2)20(18-11-6-4-7-12-18)15-16-22(23)25(28)26(24(21)27)19-13-8-5-9-14-19/h1,10,15-16,18-19H,4-9,11-14H2,2H3/b21-10+. The second kappa shape index (κ2) is 7.95. The lowest BCUT2D eigenvalue weighted by Gasteiger charge is -2.37. The van der Waals surface area contributed by atoms with E-state index < -0.39 is 0 Å². The molecule has 0 atom stereocenters. The molecule has 4 rings (SSSR count). The van der Waals surface area contributed by atoms with E-state index in [4.69, 9.17) is 6.42 Å². The van der Waals surface area contributed by atoms with Crippen LogP contribution in [0.3, 0.4) is 0 Å². The van der Waals surface area contributed by atoms with Crippen LogP contribution < -0.4 is 0 Å². The van der Waals surface area contributed by atoms with Crippen LogP contribution in [0.25, 0.3) is 5.57 Å². The molecule has 0 saturated heterocycles. The van der Waals surface area contributed by atoms with Crippen LogP contribution in [0, 0.1) is 19.3 Å². The molecule has 146 valence electrons. The highest BCUT2D eigenvalue weighted by molar-refractivity contribution is 6.31. The predicted molar refractivity (Wildman–Crippen MR) is 112 cm³/mol. The third-order valence-electron chi connectivity index (χ3n) is 6.89. The van der Waals surface area contributed by atoms with Crippen LogP contribution in [-0.2, 0) is 4.79 Å². The van der Waals surface area contributed by atoms with Crippen LogP contribution in [0.4, 0.5) is 0 Å². The maximum absolute atomic E-state index is 13.4. The van der Waals surface area contributed by atoms with Crippen molar-refractivity contribution >= 4 is 17.4 Å². The number of hydrogen-bond acceptors (Lipinski definition) is 2. The van der Waals surface area contributed by atoms with Crippen molar-refractivity contribution in [3.05, 3.63) is 40.5 Å². The number of benzene rings is 1. The molecule has 0 bridgehead atoms. The summed E-state index contributed by atoms with van der Waals surface area (Å²) in [5, 5.41) is 0. The topological polar surface area (TPSA) is 37.4 Å². The van der Waals surface area contributed by atoms with Crippen LogP contribution in [0.15, 0.2) is 18.2 Å². The third-order valence-corrected chi connectivity index (χ3v) is 6.89. The van der Waals surface area contributed by atoms with E-state index >= 15 is 0 Å². The van der Waals surface area contributed by atoms with E-state index in [0.717, 1.165) is 36.8 Å².